The van der Waals surface area contributed by atoms with Gasteiger partial charge in [0, 0.05) is 6.20 Å². The molecule has 0 aliphatic heterocycles. The number of aromatic nitrogens is 1. The van der Waals surface area contributed by atoms with Crippen LogP contribution in [0.25, 0.3) is 5.57 Å². The van der Waals surface area contributed by atoms with E-state index in [2.05, 4.69) is 31.8 Å². The molecule has 0 saturated carbocycles. The van der Waals surface area contributed by atoms with Gasteiger partial charge in [-0.2, -0.15) is 0 Å². The fraction of sp³-hybridized carbons (Fsp3) is 0.417. The first-order chi connectivity index (χ1) is 6.79. The maximum absolute atomic E-state index is 4.36. The molecule has 1 aromatic heterocycles. The molecule has 1 rings (SSSR count). The maximum Gasteiger partial charge on any atom is 0.0666 e. The molecule has 14 heavy (non-hydrogen) atoms. The van der Waals surface area contributed by atoms with Crippen LogP contribution in [0.15, 0.2) is 29.3 Å². The highest BCUT2D eigenvalue weighted by atomic mass is 32.2. The minimum Gasteiger partial charge on any atom is -0.257 e. The quantitative estimate of drug-likeness (QED) is 0.740. The minimum absolute atomic E-state index is 1.10. The van der Waals surface area contributed by atoms with E-state index in [1.165, 1.54) is 10.5 Å². The smallest absolute Gasteiger partial charge is 0.0666 e. The van der Waals surface area contributed by atoms with Crippen LogP contribution in [0.4, 0.5) is 0 Å². The van der Waals surface area contributed by atoms with Crippen LogP contribution in [0.2, 0.25) is 0 Å². The van der Waals surface area contributed by atoms with E-state index in [1.54, 1.807) is 0 Å². The van der Waals surface area contributed by atoms with Gasteiger partial charge in [0.05, 0.1) is 5.69 Å². The lowest BCUT2D eigenvalue weighted by atomic mass is 10.1. The molecule has 0 N–H and O–H groups in total. The van der Waals surface area contributed by atoms with Gasteiger partial charge in [-0.25, -0.2) is 0 Å². The predicted octanol–water partition coefficient (Wildman–Crippen LogP) is 3.98. The summed E-state index contributed by atoms with van der Waals surface area (Å²) in [6.45, 7) is 6.54. The van der Waals surface area contributed by atoms with Crippen LogP contribution in [0, 0.1) is 0 Å². The van der Waals surface area contributed by atoms with Crippen LogP contribution in [-0.2, 0) is 0 Å². The largest absolute Gasteiger partial charge is 0.257 e. The SMILES string of the molecule is CCS/C(CC)=C(\C)c1ccccn1. The van der Waals surface area contributed by atoms with Gasteiger partial charge in [-0.05, 0) is 41.7 Å². The molecule has 0 amide bonds. The van der Waals surface area contributed by atoms with Gasteiger partial charge < -0.3 is 0 Å². The van der Waals surface area contributed by atoms with Crippen LogP contribution in [0.5, 0.6) is 0 Å². The van der Waals surface area contributed by atoms with Crippen molar-refractivity contribution in [2.75, 3.05) is 5.75 Å². The topological polar surface area (TPSA) is 12.9 Å². The molecule has 0 aliphatic rings. The molecule has 1 nitrogen and oxygen atoms in total. The van der Waals surface area contributed by atoms with E-state index in [4.69, 9.17) is 0 Å². The summed E-state index contributed by atoms with van der Waals surface area (Å²) in [6.07, 6.45) is 2.95. The summed E-state index contributed by atoms with van der Waals surface area (Å²) in [7, 11) is 0. The molecular weight excluding hydrogens is 190 g/mol. The normalized spacial score (nSPS) is 12.5. The Morgan fingerprint density at radius 3 is 2.64 bits per heavy atom. The maximum atomic E-state index is 4.36. The Kier molecular flexibility index (Phi) is 4.74. The van der Waals surface area contributed by atoms with E-state index in [-0.39, 0.29) is 0 Å². The van der Waals surface area contributed by atoms with Crippen molar-refractivity contribution in [2.24, 2.45) is 0 Å². The van der Waals surface area contributed by atoms with Crippen LogP contribution in [0.1, 0.15) is 32.9 Å². The molecule has 0 radical (unpaired) electrons. The van der Waals surface area contributed by atoms with E-state index in [0.29, 0.717) is 0 Å². The Labute approximate surface area is 90.6 Å². The average Bonchev–Trinajstić information content (AvgIpc) is 2.26. The lowest BCUT2D eigenvalue weighted by Crippen LogP contribution is -1.88. The van der Waals surface area contributed by atoms with E-state index < -0.39 is 0 Å². The van der Waals surface area contributed by atoms with Gasteiger partial charge in [0.15, 0.2) is 0 Å². The second-order valence-corrected chi connectivity index (χ2v) is 4.41. The fourth-order valence-corrected chi connectivity index (χ4v) is 2.25. The highest BCUT2D eigenvalue weighted by molar-refractivity contribution is 8.03. The second-order valence-electron chi connectivity index (χ2n) is 3.05. The van der Waals surface area contributed by atoms with Crippen LogP contribution >= 0.6 is 11.8 Å². The third-order valence-corrected chi connectivity index (χ3v) is 3.34. The van der Waals surface area contributed by atoms with E-state index in [0.717, 1.165) is 17.9 Å². The summed E-state index contributed by atoms with van der Waals surface area (Å²) in [5.41, 5.74) is 2.42. The Morgan fingerprint density at radius 1 is 1.36 bits per heavy atom. The Morgan fingerprint density at radius 2 is 2.14 bits per heavy atom. The zero-order valence-electron chi connectivity index (χ0n) is 9.08. The third kappa shape index (κ3) is 2.88. The summed E-state index contributed by atoms with van der Waals surface area (Å²) in [6, 6.07) is 6.06. The van der Waals surface area contributed by atoms with Gasteiger partial charge in [0.1, 0.15) is 0 Å². The zero-order chi connectivity index (χ0) is 10.4. The summed E-state index contributed by atoms with van der Waals surface area (Å²) < 4.78 is 0. The average molecular weight is 207 g/mol. The second kappa shape index (κ2) is 5.86. The van der Waals surface area contributed by atoms with Gasteiger partial charge in [-0.3, -0.25) is 4.98 Å². The molecule has 0 unspecified atom stereocenters. The monoisotopic (exact) mass is 207 g/mol. The van der Waals surface area contributed by atoms with E-state index in [1.807, 2.05) is 30.1 Å². The highest BCUT2D eigenvalue weighted by Crippen LogP contribution is 2.27. The minimum atomic E-state index is 1.10. The molecule has 0 aromatic carbocycles. The molecule has 0 saturated heterocycles. The Bertz CT molecular complexity index is 303. The van der Waals surface area contributed by atoms with Crippen molar-refractivity contribution in [1.82, 2.24) is 4.98 Å². The molecule has 0 fully saturated rings. The van der Waals surface area contributed by atoms with Gasteiger partial charge in [-0.15, -0.1) is 11.8 Å². The summed E-state index contributed by atoms with van der Waals surface area (Å²) >= 11 is 1.92. The lowest BCUT2D eigenvalue weighted by Gasteiger charge is -2.08. The van der Waals surface area contributed by atoms with E-state index >= 15 is 0 Å². The number of nitrogens with zero attached hydrogens (tertiary/aromatic N) is 1. The number of hydrogen-bond acceptors (Lipinski definition) is 2. The number of allylic oxidation sites excluding steroid dienone is 2. The van der Waals surface area contributed by atoms with Gasteiger partial charge in [0.2, 0.25) is 0 Å². The molecule has 0 spiro atoms. The van der Waals surface area contributed by atoms with Crippen molar-refractivity contribution in [1.29, 1.82) is 0 Å². The summed E-state index contributed by atoms with van der Waals surface area (Å²) in [5.74, 6) is 1.13. The third-order valence-electron chi connectivity index (χ3n) is 2.11. The van der Waals surface area contributed by atoms with Crippen LogP contribution < -0.4 is 0 Å². The number of pyridine rings is 1. The first-order valence-electron chi connectivity index (χ1n) is 5.03. The van der Waals surface area contributed by atoms with Crippen molar-refractivity contribution in [3.8, 4) is 0 Å². The molecule has 1 heterocycles. The summed E-state index contributed by atoms with van der Waals surface area (Å²) in [4.78, 5) is 5.81. The molecule has 0 aliphatic carbocycles. The van der Waals surface area contributed by atoms with Gasteiger partial charge >= 0.3 is 0 Å². The standard InChI is InChI=1S/C12H17NS/c1-4-12(14-5-2)10(3)11-8-6-7-9-13-11/h6-9H,4-5H2,1-3H3/b12-10+. The molecule has 76 valence electrons. The summed E-state index contributed by atoms with van der Waals surface area (Å²) in [5, 5.41) is 0. The van der Waals surface area contributed by atoms with Crippen molar-refractivity contribution < 1.29 is 0 Å². The molecular formula is C12H17NS. The van der Waals surface area contributed by atoms with Gasteiger partial charge in [-0.1, -0.05) is 19.9 Å². The van der Waals surface area contributed by atoms with Crippen molar-refractivity contribution in [3.63, 3.8) is 0 Å². The van der Waals surface area contributed by atoms with Gasteiger partial charge in [0.25, 0.3) is 0 Å². The van der Waals surface area contributed by atoms with Crippen LogP contribution in [-0.4, -0.2) is 10.7 Å². The first-order valence-corrected chi connectivity index (χ1v) is 6.02. The lowest BCUT2D eigenvalue weighted by molar-refractivity contribution is 1.18. The first kappa shape index (κ1) is 11.3. The fourth-order valence-electron chi connectivity index (χ4n) is 1.38. The number of hydrogen-bond donors (Lipinski definition) is 0. The van der Waals surface area contributed by atoms with Crippen LogP contribution in [0.3, 0.4) is 0 Å². The molecule has 2 heteroatoms. The number of rotatable bonds is 4. The Balaban J connectivity index is 2.95. The Hall–Kier alpha value is -0.760. The van der Waals surface area contributed by atoms with E-state index in [9.17, 15) is 0 Å². The molecule has 0 atom stereocenters. The highest BCUT2D eigenvalue weighted by Gasteiger charge is 2.03. The van der Waals surface area contributed by atoms with Crippen molar-refractivity contribution >= 4 is 17.3 Å². The zero-order valence-corrected chi connectivity index (χ0v) is 9.90. The van der Waals surface area contributed by atoms with Crippen molar-refractivity contribution in [2.45, 2.75) is 27.2 Å². The molecule has 1 aromatic rings. The molecule has 0 bridgehead atoms. The number of thioether (sulfide) groups is 1. The predicted molar refractivity (Wildman–Crippen MR) is 65.3 cm³/mol. The van der Waals surface area contributed by atoms with Crippen molar-refractivity contribution in [3.05, 3.63) is 35.0 Å².